The lowest BCUT2D eigenvalue weighted by Gasteiger charge is -2.09. The van der Waals surface area contributed by atoms with Crippen LogP contribution in [0, 0.1) is 25.2 Å². The summed E-state index contributed by atoms with van der Waals surface area (Å²) in [5.41, 5.74) is 2.30. The van der Waals surface area contributed by atoms with Gasteiger partial charge in [-0.3, -0.25) is 0 Å². The third-order valence-electron chi connectivity index (χ3n) is 2.64. The molecule has 0 aliphatic carbocycles. The molecule has 0 spiro atoms. The van der Waals surface area contributed by atoms with Crippen molar-refractivity contribution in [3.05, 3.63) is 16.8 Å². The maximum Gasteiger partial charge on any atom is 0.166 e. The molecule has 1 heterocycles. The summed E-state index contributed by atoms with van der Waals surface area (Å²) in [6, 6.07) is 2.18. The smallest absolute Gasteiger partial charge is 0.166 e. The van der Waals surface area contributed by atoms with Crippen molar-refractivity contribution in [2.75, 3.05) is 25.0 Å². The molecule has 0 aliphatic heterocycles. The van der Waals surface area contributed by atoms with E-state index in [0.717, 1.165) is 37.3 Å². The average Bonchev–Trinajstić information content (AvgIpc) is 2.33. The van der Waals surface area contributed by atoms with Crippen molar-refractivity contribution in [3.63, 3.8) is 0 Å². The number of rotatable bonds is 6. The van der Waals surface area contributed by atoms with E-state index < -0.39 is 0 Å². The predicted molar refractivity (Wildman–Crippen MR) is 67.9 cm³/mol. The van der Waals surface area contributed by atoms with Crippen LogP contribution in [-0.4, -0.2) is 29.8 Å². The van der Waals surface area contributed by atoms with Gasteiger partial charge in [-0.15, -0.1) is 5.10 Å². The summed E-state index contributed by atoms with van der Waals surface area (Å²) in [7, 11) is 0. The monoisotopic (exact) mass is 233 g/mol. The number of nitrogens with one attached hydrogen (secondary N) is 2. The van der Waals surface area contributed by atoms with E-state index in [0.29, 0.717) is 11.4 Å². The van der Waals surface area contributed by atoms with Gasteiger partial charge in [0.05, 0.1) is 5.69 Å². The fraction of sp³-hybridized carbons (Fsp3) is 0.583. The first-order valence-corrected chi connectivity index (χ1v) is 5.89. The van der Waals surface area contributed by atoms with E-state index in [1.54, 1.807) is 0 Å². The van der Waals surface area contributed by atoms with E-state index in [1.807, 2.05) is 13.8 Å². The molecule has 0 aliphatic rings. The van der Waals surface area contributed by atoms with Crippen molar-refractivity contribution in [1.29, 1.82) is 5.26 Å². The molecular formula is C12H19N5. The molecule has 5 nitrogen and oxygen atoms in total. The Balaban J connectivity index is 2.60. The summed E-state index contributed by atoms with van der Waals surface area (Å²) in [6.07, 6.45) is 0.993. The minimum absolute atomic E-state index is 0.590. The molecule has 0 saturated heterocycles. The fourth-order valence-corrected chi connectivity index (χ4v) is 1.47. The third-order valence-corrected chi connectivity index (χ3v) is 2.64. The SMILES string of the molecule is CCNCCCNc1nnc(C)c(C)c1C#N. The largest absolute Gasteiger partial charge is 0.367 e. The molecule has 0 fully saturated rings. The summed E-state index contributed by atoms with van der Waals surface area (Å²) in [5, 5.41) is 23.5. The highest BCUT2D eigenvalue weighted by atomic mass is 15.2. The second-order valence-corrected chi connectivity index (χ2v) is 3.88. The Kier molecular flexibility index (Phi) is 5.37. The summed E-state index contributed by atoms with van der Waals surface area (Å²) in [4.78, 5) is 0. The first kappa shape index (κ1) is 13.4. The van der Waals surface area contributed by atoms with Crippen LogP contribution in [0.1, 0.15) is 30.2 Å². The molecular weight excluding hydrogens is 214 g/mol. The average molecular weight is 233 g/mol. The van der Waals surface area contributed by atoms with Crippen LogP contribution in [0.5, 0.6) is 0 Å². The van der Waals surface area contributed by atoms with Gasteiger partial charge in [0.25, 0.3) is 0 Å². The van der Waals surface area contributed by atoms with E-state index in [9.17, 15) is 0 Å². The summed E-state index contributed by atoms with van der Waals surface area (Å²) >= 11 is 0. The number of aromatic nitrogens is 2. The van der Waals surface area contributed by atoms with E-state index in [4.69, 9.17) is 5.26 Å². The van der Waals surface area contributed by atoms with Crippen molar-refractivity contribution in [1.82, 2.24) is 15.5 Å². The maximum atomic E-state index is 9.09. The third kappa shape index (κ3) is 3.68. The van der Waals surface area contributed by atoms with Crippen molar-refractivity contribution in [3.8, 4) is 6.07 Å². The highest BCUT2D eigenvalue weighted by Gasteiger charge is 2.09. The van der Waals surface area contributed by atoms with Gasteiger partial charge in [0, 0.05) is 6.54 Å². The maximum absolute atomic E-state index is 9.09. The lowest BCUT2D eigenvalue weighted by molar-refractivity contribution is 0.687. The number of anilines is 1. The molecule has 1 aromatic heterocycles. The van der Waals surface area contributed by atoms with Gasteiger partial charge in [-0.2, -0.15) is 10.4 Å². The molecule has 0 radical (unpaired) electrons. The molecule has 2 N–H and O–H groups in total. The van der Waals surface area contributed by atoms with E-state index >= 15 is 0 Å². The Hall–Kier alpha value is -1.67. The molecule has 0 atom stereocenters. The lowest BCUT2D eigenvalue weighted by Crippen LogP contribution is -2.18. The van der Waals surface area contributed by atoms with Crippen LogP contribution < -0.4 is 10.6 Å². The lowest BCUT2D eigenvalue weighted by atomic mass is 10.1. The van der Waals surface area contributed by atoms with E-state index in [1.165, 1.54) is 0 Å². The number of hydrogen-bond acceptors (Lipinski definition) is 5. The minimum atomic E-state index is 0.590. The molecule has 0 aromatic carbocycles. The van der Waals surface area contributed by atoms with Gasteiger partial charge in [-0.25, -0.2) is 0 Å². The van der Waals surface area contributed by atoms with Gasteiger partial charge in [0.15, 0.2) is 5.82 Å². The number of hydrogen-bond donors (Lipinski definition) is 2. The number of nitriles is 1. The van der Waals surface area contributed by atoms with Crippen LogP contribution in [0.15, 0.2) is 0 Å². The van der Waals surface area contributed by atoms with Crippen LogP contribution in [0.2, 0.25) is 0 Å². The van der Waals surface area contributed by atoms with Crippen molar-refractivity contribution < 1.29 is 0 Å². The zero-order chi connectivity index (χ0) is 12.7. The van der Waals surface area contributed by atoms with Gasteiger partial charge in [-0.1, -0.05) is 6.92 Å². The van der Waals surface area contributed by atoms with Gasteiger partial charge in [0.2, 0.25) is 0 Å². The second-order valence-electron chi connectivity index (χ2n) is 3.88. The highest BCUT2D eigenvalue weighted by Crippen LogP contribution is 2.16. The first-order chi connectivity index (χ1) is 8.20. The minimum Gasteiger partial charge on any atom is -0.367 e. The Labute approximate surface area is 102 Å². The van der Waals surface area contributed by atoms with Crippen LogP contribution in [0.3, 0.4) is 0 Å². The number of aryl methyl sites for hydroxylation is 1. The quantitative estimate of drug-likeness (QED) is 0.726. The molecule has 1 rings (SSSR count). The Bertz CT molecular complexity index is 408. The van der Waals surface area contributed by atoms with Gasteiger partial charge < -0.3 is 10.6 Å². The summed E-state index contributed by atoms with van der Waals surface area (Å²) < 4.78 is 0. The normalized spacial score (nSPS) is 10.0. The van der Waals surface area contributed by atoms with Crippen LogP contribution in [0.25, 0.3) is 0 Å². The van der Waals surface area contributed by atoms with E-state index in [2.05, 4.69) is 33.8 Å². The van der Waals surface area contributed by atoms with E-state index in [-0.39, 0.29) is 0 Å². The first-order valence-electron chi connectivity index (χ1n) is 5.89. The topological polar surface area (TPSA) is 73.6 Å². The molecule has 0 bridgehead atoms. The van der Waals surface area contributed by atoms with Crippen LogP contribution in [0.4, 0.5) is 5.82 Å². The summed E-state index contributed by atoms with van der Waals surface area (Å²) in [6.45, 7) is 8.57. The fourth-order valence-electron chi connectivity index (χ4n) is 1.47. The van der Waals surface area contributed by atoms with Crippen molar-refractivity contribution >= 4 is 5.82 Å². The Morgan fingerprint density at radius 3 is 2.65 bits per heavy atom. The molecule has 0 amide bonds. The van der Waals surface area contributed by atoms with Gasteiger partial charge in [0.1, 0.15) is 11.6 Å². The molecule has 0 unspecified atom stereocenters. The Morgan fingerprint density at radius 1 is 1.24 bits per heavy atom. The summed E-state index contributed by atoms with van der Waals surface area (Å²) in [5.74, 6) is 0.590. The zero-order valence-electron chi connectivity index (χ0n) is 10.7. The van der Waals surface area contributed by atoms with Crippen LogP contribution >= 0.6 is 0 Å². The van der Waals surface area contributed by atoms with Gasteiger partial charge in [-0.05, 0) is 38.9 Å². The van der Waals surface area contributed by atoms with Crippen LogP contribution in [-0.2, 0) is 0 Å². The molecule has 17 heavy (non-hydrogen) atoms. The highest BCUT2D eigenvalue weighted by molar-refractivity contribution is 5.55. The van der Waals surface area contributed by atoms with Gasteiger partial charge >= 0.3 is 0 Å². The molecule has 0 saturated carbocycles. The standard InChI is InChI=1S/C12H19N5/c1-4-14-6-5-7-15-12-11(8-13)9(2)10(3)16-17-12/h14H,4-7H2,1-3H3,(H,15,17). The predicted octanol–water partition coefficient (Wildman–Crippen LogP) is 1.38. The molecule has 1 aromatic rings. The Morgan fingerprint density at radius 2 is 2.00 bits per heavy atom. The zero-order valence-corrected chi connectivity index (χ0v) is 10.7. The second kappa shape index (κ2) is 6.81. The molecule has 92 valence electrons. The molecule has 5 heteroatoms. The number of nitrogens with zero attached hydrogens (tertiary/aromatic N) is 3. The van der Waals surface area contributed by atoms with Crippen molar-refractivity contribution in [2.45, 2.75) is 27.2 Å². The van der Waals surface area contributed by atoms with Crippen molar-refractivity contribution in [2.24, 2.45) is 0 Å².